The zero-order valence-electron chi connectivity index (χ0n) is 14.1. The van der Waals surface area contributed by atoms with E-state index in [1.165, 1.54) is 0 Å². The highest BCUT2D eigenvalue weighted by molar-refractivity contribution is 5.58. The van der Waals surface area contributed by atoms with Gasteiger partial charge in [0.2, 0.25) is 0 Å². The van der Waals surface area contributed by atoms with Crippen LogP contribution in [0.15, 0.2) is 0 Å². The molecule has 0 saturated carbocycles. The maximum atomic E-state index is 4.71. The first-order valence-corrected chi connectivity index (χ1v) is 7.71. The van der Waals surface area contributed by atoms with Crippen molar-refractivity contribution in [3.63, 3.8) is 0 Å². The topological polar surface area (TPSA) is 49.8 Å². The van der Waals surface area contributed by atoms with Crippen LogP contribution >= 0.6 is 0 Å². The summed E-state index contributed by atoms with van der Waals surface area (Å²) in [5, 5.41) is 6.97. The minimum atomic E-state index is 0.0371. The third kappa shape index (κ3) is 4.36. The van der Waals surface area contributed by atoms with Crippen LogP contribution in [0.3, 0.4) is 0 Å². The second-order valence-electron chi connectivity index (χ2n) is 6.35. The van der Waals surface area contributed by atoms with E-state index in [0.29, 0.717) is 5.92 Å². The summed E-state index contributed by atoms with van der Waals surface area (Å²) in [4.78, 5) is 9.38. The average molecular weight is 278 g/mol. The number of hydrogen-bond donors (Lipinski definition) is 2. The van der Waals surface area contributed by atoms with E-state index in [-0.39, 0.29) is 5.54 Å². The summed E-state index contributed by atoms with van der Waals surface area (Å²) >= 11 is 0. The minimum absolute atomic E-state index is 0.0371. The molecule has 1 aromatic heterocycles. The third-order valence-electron chi connectivity index (χ3n) is 3.56. The molecule has 0 aliphatic heterocycles. The van der Waals surface area contributed by atoms with Crippen LogP contribution in [0.1, 0.15) is 71.7 Å². The van der Waals surface area contributed by atoms with E-state index in [0.717, 1.165) is 42.4 Å². The van der Waals surface area contributed by atoms with Gasteiger partial charge < -0.3 is 10.6 Å². The molecule has 0 unspecified atom stereocenters. The van der Waals surface area contributed by atoms with Crippen LogP contribution in [-0.2, 0) is 0 Å². The van der Waals surface area contributed by atoms with Crippen LogP contribution in [0.25, 0.3) is 0 Å². The SMILES string of the molecule is CCCNc1nc(C(C)C)nc(NC(C)(C)CC)c1C. The highest BCUT2D eigenvalue weighted by atomic mass is 15.1. The fourth-order valence-electron chi connectivity index (χ4n) is 1.74. The van der Waals surface area contributed by atoms with Gasteiger partial charge in [0, 0.05) is 23.6 Å². The molecule has 0 aliphatic carbocycles. The Morgan fingerprint density at radius 1 is 1.10 bits per heavy atom. The first-order valence-electron chi connectivity index (χ1n) is 7.71. The number of rotatable bonds is 7. The van der Waals surface area contributed by atoms with Crippen molar-refractivity contribution in [3.05, 3.63) is 11.4 Å². The van der Waals surface area contributed by atoms with Gasteiger partial charge in [-0.05, 0) is 33.6 Å². The number of nitrogens with zero attached hydrogens (tertiary/aromatic N) is 2. The summed E-state index contributed by atoms with van der Waals surface area (Å²) in [5.41, 5.74) is 1.14. The number of anilines is 2. The molecule has 0 radical (unpaired) electrons. The summed E-state index contributed by atoms with van der Waals surface area (Å²) in [7, 11) is 0. The molecule has 0 amide bonds. The highest BCUT2D eigenvalue weighted by Crippen LogP contribution is 2.26. The molecule has 2 N–H and O–H groups in total. The van der Waals surface area contributed by atoms with Gasteiger partial charge in [-0.25, -0.2) is 9.97 Å². The Labute approximate surface area is 123 Å². The molecular weight excluding hydrogens is 248 g/mol. The smallest absolute Gasteiger partial charge is 0.135 e. The largest absolute Gasteiger partial charge is 0.370 e. The molecule has 4 heteroatoms. The van der Waals surface area contributed by atoms with Gasteiger partial charge in [-0.15, -0.1) is 0 Å². The quantitative estimate of drug-likeness (QED) is 0.779. The predicted octanol–water partition coefficient (Wildman–Crippen LogP) is 4.33. The molecule has 0 atom stereocenters. The molecule has 0 aliphatic rings. The monoisotopic (exact) mass is 278 g/mol. The molecule has 0 bridgehead atoms. The zero-order chi connectivity index (χ0) is 15.3. The van der Waals surface area contributed by atoms with Crippen LogP contribution < -0.4 is 10.6 Å². The van der Waals surface area contributed by atoms with E-state index < -0.39 is 0 Å². The van der Waals surface area contributed by atoms with E-state index in [9.17, 15) is 0 Å². The Kier molecular flexibility index (Phi) is 5.78. The van der Waals surface area contributed by atoms with Crippen LogP contribution in [-0.4, -0.2) is 22.1 Å². The second kappa shape index (κ2) is 6.91. The normalized spacial score (nSPS) is 11.8. The number of hydrogen-bond acceptors (Lipinski definition) is 4. The molecule has 4 nitrogen and oxygen atoms in total. The van der Waals surface area contributed by atoms with Gasteiger partial charge in [-0.1, -0.05) is 27.7 Å². The van der Waals surface area contributed by atoms with Crippen molar-refractivity contribution in [2.75, 3.05) is 17.2 Å². The van der Waals surface area contributed by atoms with E-state index in [4.69, 9.17) is 4.98 Å². The van der Waals surface area contributed by atoms with E-state index in [2.05, 4.69) is 64.1 Å². The molecule has 0 fully saturated rings. The van der Waals surface area contributed by atoms with Crippen LogP contribution in [0.4, 0.5) is 11.6 Å². The zero-order valence-corrected chi connectivity index (χ0v) is 14.1. The Morgan fingerprint density at radius 2 is 1.70 bits per heavy atom. The first-order chi connectivity index (χ1) is 9.30. The van der Waals surface area contributed by atoms with Gasteiger partial charge in [0.15, 0.2) is 0 Å². The molecule has 0 aromatic carbocycles. The van der Waals surface area contributed by atoms with Gasteiger partial charge in [-0.2, -0.15) is 0 Å². The van der Waals surface area contributed by atoms with Crippen molar-refractivity contribution >= 4 is 11.6 Å². The lowest BCUT2D eigenvalue weighted by Gasteiger charge is -2.27. The maximum absolute atomic E-state index is 4.71. The molecule has 1 rings (SSSR count). The Balaban J connectivity index is 3.17. The van der Waals surface area contributed by atoms with Gasteiger partial charge in [0.25, 0.3) is 0 Å². The molecule has 20 heavy (non-hydrogen) atoms. The Hall–Kier alpha value is -1.32. The molecule has 0 spiro atoms. The summed E-state index contributed by atoms with van der Waals surface area (Å²) in [6.45, 7) is 16.0. The van der Waals surface area contributed by atoms with Crippen molar-refractivity contribution in [3.8, 4) is 0 Å². The molecule has 0 saturated heterocycles. The fraction of sp³-hybridized carbons (Fsp3) is 0.750. The van der Waals surface area contributed by atoms with E-state index in [1.54, 1.807) is 0 Å². The fourth-order valence-corrected chi connectivity index (χ4v) is 1.74. The summed E-state index contributed by atoms with van der Waals surface area (Å²) in [6.07, 6.45) is 2.13. The van der Waals surface area contributed by atoms with Crippen molar-refractivity contribution in [1.29, 1.82) is 0 Å². The van der Waals surface area contributed by atoms with Gasteiger partial charge in [0.1, 0.15) is 17.5 Å². The van der Waals surface area contributed by atoms with E-state index in [1.807, 2.05) is 0 Å². The molecular formula is C16H30N4. The van der Waals surface area contributed by atoms with Crippen molar-refractivity contribution < 1.29 is 0 Å². The standard InChI is InChI=1S/C16H30N4/c1-8-10-17-14-12(5)15(20-16(6,7)9-2)19-13(18-14)11(3)4/h11H,8-10H2,1-7H3,(H2,17,18,19,20). The molecule has 114 valence electrons. The minimum Gasteiger partial charge on any atom is -0.370 e. The lowest BCUT2D eigenvalue weighted by Crippen LogP contribution is -2.31. The number of aromatic nitrogens is 2. The van der Waals surface area contributed by atoms with Crippen LogP contribution in [0, 0.1) is 6.92 Å². The average Bonchev–Trinajstić information content (AvgIpc) is 2.39. The van der Waals surface area contributed by atoms with E-state index >= 15 is 0 Å². The Bertz CT molecular complexity index is 438. The van der Waals surface area contributed by atoms with Crippen LogP contribution in [0.2, 0.25) is 0 Å². The Morgan fingerprint density at radius 3 is 2.20 bits per heavy atom. The lowest BCUT2D eigenvalue weighted by molar-refractivity contribution is 0.543. The van der Waals surface area contributed by atoms with Crippen molar-refractivity contribution in [2.24, 2.45) is 0 Å². The highest BCUT2D eigenvalue weighted by Gasteiger charge is 2.19. The van der Waals surface area contributed by atoms with Crippen molar-refractivity contribution in [2.45, 2.75) is 72.8 Å². The summed E-state index contributed by atoms with van der Waals surface area (Å²) < 4.78 is 0. The van der Waals surface area contributed by atoms with Gasteiger partial charge in [-0.3, -0.25) is 0 Å². The summed E-state index contributed by atoms with van der Waals surface area (Å²) in [5.74, 6) is 3.13. The first kappa shape index (κ1) is 16.7. The lowest BCUT2D eigenvalue weighted by atomic mass is 10.0. The molecule has 1 heterocycles. The third-order valence-corrected chi connectivity index (χ3v) is 3.56. The summed E-state index contributed by atoms with van der Waals surface area (Å²) in [6, 6.07) is 0. The maximum Gasteiger partial charge on any atom is 0.135 e. The second-order valence-corrected chi connectivity index (χ2v) is 6.35. The predicted molar refractivity (Wildman–Crippen MR) is 87.6 cm³/mol. The molecule has 1 aromatic rings. The number of nitrogens with one attached hydrogen (secondary N) is 2. The van der Waals surface area contributed by atoms with Gasteiger partial charge >= 0.3 is 0 Å². The van der Waals surface area contributed by atoms with Gasteiger partial charge in [0.05, 0.1) is 0 Å². The van der Waals surface area contributed by atoms with Crippen LogP contribution in [0.5, 0.6) is 0 Å². The van der Waals surface area contributed by atoms with Crippen molar-refractivity contribution in [1.82, 2.24) is 9.97 Å².